The zero-order valence-electron chi connectivity index (χ0n) is 16.2. The lowest BCUT2D eigenvalue weighted by molar-refractivity contribution is 0.395. The second-order valence-corrected chi connectivity index (χ2v) is 8.42. The van der Waals surface area contributed by atoms with Crippen LogP contribution in [0.15, 0.2) is 53.0 Å². The summed E-state index contributed by atoms with van der Waals surface area (Å²) in [6.07, 6.45) is 0. The van der Waals surface area contributed by atoms with E-state index in [1.165, 1.54) is 16.4 Å². The van der Waals surface area contributed by atoms with Crippen LogP contribution >= 0.6 is 34.7 Å². The molecule has 0 amide bonds. The molecular weight excluding hydrogens is 442 g/mol. The molecule has 2 aromatic carbocycles. The molecule has 7 nitrogen and oxygen atoms in total. The van der Waals surface area contributed by atoms with E-state index in [4.69, 9.17) is 31.9 Å². The number of hydrogen-bond acceptors (Lipinski definition) is 8. The van der Waals surface area contributed by atoms with Crippen LogP contribution in [0.2, 0.25) is 5.02 Å². The van der Waals surface area contributed by atoms with Gasteiger partial charge in [-0.05, 0) is 36.4 Å². The van der Waals surface area contributed by atoms with Gasteiger partial charge in [0.2, 0.25) is 5.16 Å². The lowest BCUT2D eigenvalue weighted by Crippen LogP contribution is -2.11. The van der Waals surface area contributed by atoms with Crippen LogP contribution in [0.5, 0.6) is 11.5 Å². The van der Waals surface area contributed by atoms with Gasteiger partial charge in [0, 0.05) is 27.8 Å². The fourth-order valence-electron chi connectivity index (χ4n) is 2.78. The summed E-state index contributed by atoms with van der Waals surface area (Å²) in [5.74, 6) is 8.84. The van der Waals surface area contributed by atoms with Gasteiger partial charge in [0.1, 0.15) is 16.5 Å². The Bertz CT molecular complexity index is 1160. The molecule has 10 heteroatoms. The SMILES string of the molecule is COc1ccc(-c2nc(CSc3nnc(-c4ccc(Cl)cc4)n3N)cs2)c(OC)c1. The van der Waals surface area contributed by atoms with E-state index in [2.05, 4.69) is 10.2 Å². The predicted octanol–water partition coefficient (Wildman–Crippen LogP) is 4.75. The van der Waals surface area contributed by atoms with Crippen molar-refractivity contribution in [1.82, 2.24) is 19.9 Å². The number of ether oxygens (including phenoxy) is 2. The number of nitrogens with zero attached hydrogens (tertiary/aromatic N) is 4. The molecule has 30 heavy (non-hydrogen) atoms. The molecule has 0 radical (unpaired) electrons. The van der Waals surface area contributed by atoms with Crippen LogP contribution in [0, 0.1) is 0 Å². The molecule has 2 heterocycles. The highest BCUT2D eigenvalue weighted by Gasteiger charge is 2.15. The average Bonchev–Trinajstić information content (AvgIpc) is 3.39. The number of aromatic nitrogens is 4. The van der Waals surface area contributed by atoms with Crippen molar-refractivity contribution in [3.63, 3.8) is 0 Å². The van der Waals surface area contributed by atoms with E-state index >= 15 is 0 Å². The molecule has 0 saturated carbocycles. The Hall–Kier alpha value is -2.75. The van der Waals surface area contributed by atoms with Crippen molar-refractivity contribution in [2.24, 2.45) is 0 Å². The maximum atomic E-state index is 6.19. The summed E-state index contributed by atoms with van der Waals surface area (Å²) < 4.78 is 12.2. The van der Waals surface area contributed by atoms with Crippen LogP contribution in [0.4, 0.5) is 0 Å². The Morgan fingerprint density at radius 1 is 1.10 bits per heavy atom. The van der Waals surface area contributed by atoms with E-state index < -0.39 is 0 Å². The average molecular weight is 460 g/mol. The number of thioether (sulfide) groups is 1. The molecule has 2 N–H and O–H groups in total. The van der Waals surface area contributed by atoms with Crippen LogP contribution in [0.3, 0.4) is 0 Å². The van der Waals surface area contributed by atoms with Crippen molar-refractivity contribution in [1.29, 1.82) is 0 Å². The zero-order valence-corrected chi connectivity index (χ0v) is 18.6. The van der Waals surface area contributed by atoms with E-state index in [1.54, 1.807) is 37.7 Å². The van der Waals surface area contributed by atoms with E-state index in [-0.39, 0.29) is 0 Å². The fraction of sp³-hybridized carbons (Fsp3) is 0.150. The highest BCUT2D eigenvalue weighted by atomic mass is 35.5. The molecule has 0 saturated heterocycles. The minimum absolute atomic E-state index is 0.580. The Kier molecular flexibility index (Phi) is 6.12. The van der Waals surface area contributed by atoms with Gasteiger partial charge in [-0.25, -0.2) is 9.66 Å². The molecule has 2 aromatic heterocycles. The lowest BCUT2D eigenvalue weighted by atomic mass is 10.2. The summed E-state index contributed by atoms with van der Waals surface area (Å²) in [4.78, 5) is 4.73. The fourth-order valence-corrected chi connectivity index (χ4v) is 4.61. The number of nitrogens with two attached hydrogens (primary N) is 1. The molecule has 0 bridgehead atoms. The minimum Gasteiger partial charge on any atom is -0.497 e. The van der Waals surface area contributed by atoms with Crippen molar-refractivity contribution < 1.29 is 9.47 Å². The Morgan fingerprint density at radius 2 is 1.90 bits per heavy atom. The third kappa shape index (κ3) is 4.23. The molecule has 154 valence electrons. The Balaban J connectivity index is 1.49. The van der Waals surface area contributed by atoms with Gasteiger partial charge in [-0.3, -0.25) is 0 Å². The monoisotopic (exact) mass is 459 g/mol. The molecule has 0 atom stereocenters. The zero-order chi connectivity index (χ0) is 21.1. The van der Waals surface area contributed by atoms with Crippen molar-refractivity contribution in [3.05, 3.63) is 58.6 Å². The molecule has 0 aliphatic carbocycles. The molecule has 0 aliphatic heterocycles. The van der Waals surface area contributed by atoms with Gasteiger partial charge in [-0.2, -0.15) is 0 Å². The van der Waals surface area contributed by atoms with Crippen molar-refractivity contribution >= 4 is 34.7 Å². The Morgan fingerprint density at radius 3 is 2.63 bits per heavy atom. The van der Waals surface area contributed by atoms with E-state index in [0.29, 0.717) is 21.8 Å². The van der Waals surface area contributed by atoms with Crippen molar-refractivity contribution in [3.8, 4) is 33.5 Å². The van der Waals surface area contributed by atoms with Crippen LogP contribution in [0.1, 0.15) is 5.69 Å². The third-order valence-electron chi connectivity index (χ3n) is 4.31. The summed E-state index contributed by atoms with van der Waals surface area (Å²) in [6, 6.07) is 13.0. The third-order valence-corrected chi connectivity index (χ3v) is 6.46. The van der Waals surface area contributed by atoms with Crippen LogP contribution < -0.4 is 15.3 Å². The van der Waals surface area contributed by atoms with Crippen LogP contribution in [0.25, 0.3) is 22.0 Å². The molecule has 0 aliphatic rings. The number of hydrogen-bond donors (Lipinski definition) is 1. The largest absolute Gasteiger partial charge is 0.497 e. The first-order chi connectivity index (χ1) is 14.6. The first-order valence-electron chi connectivity index (χ1n) is 8.85. The Labute approximate surface area is 186 Å². The number of nitrogen functional groups attached to an aromatic ring is 1. The van der Waals surface area contributed by atoms with Crippen molar-refractivity contribution in [2.75, 3.05) is 20.1 Å². The van der Waals surface area contributed by atoms with Gasteiger partial charge in [0.25, 0.3) is 0 Å². The summed E-state index contributed by atoms with van der Waals surface area (Å²) in [5, 5.41) is 12.6. The maximum Gasteiger partial charge on any atom is 0.210 e. The first-order valence-corrected chi connectivity index (χ1v) is 11.1. The topological polar surface area (TPSA) is 88.1 Å². The van der Waals surface area contributed by atoms with Crippen LogP contribution in [-0.4, -0.2) is 34.1 Å². The predicted molar refractivity (Wildman–Crippen MR) is 121 cm³/mol. The standard InChI is InChI=1S/C20H18ClN5O2S2/c1-27-15-7-8-16(17(9-15)28-2)19-23-14(10-29-19)11-30-20-25-24-18(26(20)22)12-3-5-13(21)6-4-12/h3-10H,11,22H2,1-2H3. The second kappa shape index (κ2) is 8.95. The van der Waals surface area contributed by atoms with Gasteiger partial charge in [-0.1, -0.05) is 23.4 Å². The quantitative estimate of drug-likeness (QED) is 0.315. The van der Waals surface area contributed by atoms with Gasteiger partial charge in [-0.15, -0.1) is 21.5 Å². The molecule has 0 fully saturated rings. The normalized spacial score (nSPS) is 10.9. The second-order valence-electron chi connectivity index (χ2n) is 6.18. The highest BCUT2D eigenvalue weighted by Crippen LogP contribution is 2.36. The van der Waals surface area contributed by atoms with E-state index in [0.717, 1.165) is 33.3 Å². The minimum atomic E-state index is 0.580. The summed E-state index contributed by atoms with van der Waals surface area (Å²) in [6.45, 7) is 0. The summed E-state index contributed by atoms with van der Waals surface area (Å²) in [7, 11) is 3.26. The summed E-state index contributed by atoms with van der Waals surface area (Å²) >= 11 is 8.97. The molecule has 4 aromatic rings. The number of methoxy groups -OCH3 is 2. The van der Waals surface area contributed by atoms with E-state index in [1.807, 2.05) is 35.7 Å². The van der Waals surface area contributed by atoms with Gasteiger partial charge in [0.05, 0.1) is 25.5 Å². The molecule has 4 rings (SSSR count). The van der Waals surface area contributed by atoms with Crippen molar-refractivity contribution in [2.45, 2.75) is 10.9 Å². The number of thiazole rings is 1. The number of rotatable bonds is 7. The molecule has 0 spiro atoms. The molecule has 0 unspecified atom stereocenters. The lowest BCUT2D eigenvalue weighted by Gasteiger charge is -2.08. The molecular formula is C20H18ClN5O2S2. The number of benzene rings is 2. The van der Waals surface area contributed by atoms with Gasteiger partial charge >= 0.3 is 0 Å². The summed E-state index contributed by atoms with van der Waals surface area (Å²) in [5.41, 5.74) is 2.70. The first kappa shape index (κ1) is 20.5. The smallest absolute Gasteiger partial charge is 0.210 e. The van der Waals surface area contributed by atoms with Crippen LogP contribution in [-0.2, 0) is 5.75 Å². The van der Waals surface area contributed by atoms with E-state index in [9.17, 15) is 0 Å². The highest BCUT2D eigenvalue weighted by molar-refractivity contribution is 7.98. The van der Waals surface area contributed by atoms with Gasteiger partial charge < -0.3 is 15.3 Å². The maximum absolute atomic E-state index is 6.19. The van der Waals surface area contributed by atoms with Gasteiger partial charge in [0.15, 0.2) is 5.82 Å². The number of halogens is 1.